The average molecular weight is 287 g/mol. The van der Waals surface area contributed by atoms with Crippen LogP contribution in [-0.4, -0.2) is 24.4 Å². The molecule has 2 aromatic carbocycles. The van der Waals surface area contributed by atoms with Gasteiger partial charge in [-0.05, 0) is 36.2 Å². The van der Waals surface area contributed by atoms with Crippen molar-refractivity contribution < 1.29 is 14.6 Å². The van der Waals surface area contributed by atoms with Crippen molar-refractivity contribution in [1.82, 2.24) is 0 Å². The van der Waals surface area contributed by atoms with Crippen LogP contribution in [0.3, 0.4) is 0 Å². The van der Waals surface area contributed by atoms with E-state index in [4.69, 9.17) is 15.2 Å². The third-order valence-corrected chi connectivity index (χ3v) is 3.10. The lowest BCUT2D eigenvalue weighted by atomic mass is 10.2. The second-order valence-electron chi connectivity index (χ2n) is 4.81. The maximum absolute atomic E-state index is 9.90. The Balaban J connectivity index is 1.79. The molecular formula is C17H21NO3. The van der Waals surface area contributed by atoms with E-state index in [0.29, 0.717) is 11.4 Å². The number of benzene rings is 2. The second kappa shape index (κ2) is 7.55. The third kappa shape index (κ3) is 4.68. The number of rotatable bonds is 7. The minimum absolute atomic E-state index is 0.141. The number of nitrogens with two attached hydrogens (primary N) is 1. The topological polar surface area (TPSA) is 64.7 Å². The van der Waals surface area contributed by atoms with Crippen LogP contribution in [0, 0.1) is 0 Å². The summed E-state index contributed by atoms with van der Waals surface area (Å²) < 4.78 is 11.0. The van der Waals surface area contributed by atoms with Gasteiger partial charge in [0.1, 0.15) is 30.8 Å². The Morgan fingerprint density at radius 2 is 1.81 bits per heavy atom. The minimum Gasteiger partial charge on any atom is -0.491 e. The summed E-state index contributed by atoms with van der Waals surface area (Å²) in [5, 5.41) is 9.90. The molecule has 0 bridgehead atoms. The molecule has 0 aliphatic heterocycles. The minimum atomic E-state index is -0.713. The zero-order valence-electron chi connectivity index (χ0n) is 12.2. The zero-order chi connectivity index (χ0) is 15.1. The van der Waals surface area contributed by atoms with Gasteiger partial charge in [0, 0.05) is 0 Å². The summed E-state index contributed by atoms with van der Waals surface area (Å²) in [5.41, 5.74) is 7.53. The van der Waals surface area contributed by atoms with Crippen molar-refractivity contribution in [3.05, 3.63) is 54.1 Å². The molecule has 1 atom stereocenters. The first-order valence-corrected chi connectivity index (χ1v) is 7.06. The molecule has 0 aliphatic carbocycles. The molecule has 0 aromatic heterocycles. The molecule has 2 aromatic rings. The van der Waals surface area contributed by atoms with Gasteiger partial charge in [0.2, 0.25) is 0 Å². The number of nitrogen functional groups attached to an aromatic ring is 1. The summed E-state index contributed by atoms with van der Waals surface area (Å²) in [5.74, 6) is 1.33. The van der Waals surface area contributed by atoms with Crippen LogP contribution >= 0.6 is 0 Å². The normalized spacial score (nSPS) is 11.9. The molecule has 0 fully saturated rings. The van der Waals surface area contributed by atoms with Crippen molar-refractivity contribution in [1.29, 1.82) is 0 Å². The van der Waals surface area contributed by atoms with Crippen molar-refractivity contribution in [3.8, 4) is 11.5 Å². The predicted octanol–water partition coefficient (Wildman–Crippen LogP) is 2.65. The van der Waals surface area contributed by atoms with E-state index in [2.05, 4.69) is 6.92 Å². The first-order chi connectivity index (χ1) is 10.2. The highest BCUT2D eigenvalue weighted by Crippen LogP contribution is 2.20. The average Bonchev–Trinajstić information content (AvgIpc) is 2.52. The van der Waals surface area contributed by atoms with E-state index in [1.54, 1.807) is 12.1 Å². The monoisotopic (exact) mass is 287 g/mol. The molecule has 3 N–H and O–H groups in total. The lowest BCUT2D eigenvalue weighted by Gasteiger charge is -2.14. The third-order valence-electron chi connectivity index (χ3n) is 3.10. The molecule has 0 saturated carbocycles. The quantitative estimate of drug-likeness (QED) is 0.768. The van der Waals surface area contributed by atoms with Crippen molar-refractivity contribution in [2.45, 2.75) is 19.4 Å². The van der Waals surface area contributed by atoms with Crippen molar-refractivity contribution in [2.75, 3.05) is 18.9 Å². The van der Waals surface area contributed by atoms with Crippen molar-refractivity contribution in [2.24, 2.45) is 0 Å². The van der Waals surface area contributed by atoms with E-state index in [1.807, 2.05) is 36.4 Å². The largest absolute Gasteiger partial charge is 0.491 e. The van der Waals surface area contributed by atoms with Crippen LogP contribution in [0.2, 0.25) is 0 Å². The smallest absolute Gasteiger partial charge is 0.142 e. The number of ether oxygens (including phenoxy) is 2. The summed E-state index contributed by atoms with van der Waals surface area (Å²) in [6.45, 7) is 2.41. The molecule has 0 spiro atoms. The van der Waals surface area contributed by atoms with Gasteiger partial charge in [-0.15, -0.1) is 0 Å². The highest BCUT2D eigenvalue weighted by atomic mass is 16.5. The van der Waals surface area contributed by atoms with Crippen LogP contribution in [0.1, 0.15) is 12.5 Å². The number of anilines is 1. The number of aliphatic hydroxyl groups excluding tert-OH is 1. The summed E-state index contributed by atoms with van der Waals surface area (Å²) in [7, 11) is 0. The fourth-order valence-corrected chi connectivity index (χ4v) is 1.89. The fourth-order valence-electron chi connectivity index (χ4n) is 1.89. The zero-order valence-corrected chi connectivity index (χ0v) is 12.2. The van der Waals surface area contributed by atoms with Crippen LogP contribution in [0.15, 0.2) is 48.5 Å². The van der Waals surface area contributed by atoms with Gasteiger partial charge in [-0.25, -0.2) is 0 Å². The van der Waals surface area contributed by atoms with Gasteiger partial charge in [0.05, 0.1) is 5.69 Å². The number of aryl methyl sites for hydroxylation is 1. The lowest BCUT2D eigenvalue weighted by molar-refractivity contribution is 0.0629. The molecule has 1 unspecified atom stereocenters. The van der Waals surface area contributed by atoms with Crippen LogP contribution in [0.25, 0.3) is 0 Å². The van der Waals surface area contributed by atoms with Gasteiger partial charge in [-0.2, -0.15) is 0 Å². The Labute approximate surface area is 125 Å². The van der Waals surface area contributed by atoms with Crippen LogP contribution in [0.5, 0.6) is 11.5 Å². The SMILES string of the molecule is CCc1cccc(OCC(O)COc2ccccc2N)c1. The summed E-state index contributed by atoms with van der Waals surface area (Å²) >= 11 is 0. The maximum Gasteiger partial charge on any atom is 0.142 e. The molecule has 4 heteroatoms. The number of aliphatic hydroxyl groups is 1. The second-order valence-corrected chi connectivity index (χ2v) is 4.81. The Hall–Kier alpha value is -2.20. The number of hydrogen-bond donors (Lipinski definition) is 2. The van der Waals surface area contributed by atoms with Crippen molar-refractivity contribution >= 4 is 5.69 Å². The first kappa shape index (κ1) is 15.2. The molecule has 0 radical (unpaired) electrons. The van der Waals surface area contributed by atoms with E-state index in [0.717, 1.165) is 12.2 Å². The van der Waals surface area contributed by atoms with Gasteiger partial charge < -0.3 is 20.3 Å². The predicted molar refractivity (Wildman–Crippen MR) is 83.7 cm³/mol. The van der Waals surface area contributed by atoms with Gasteiger partial charge in [0.15, 0.2) is 0 Å². The molecule has 4 nitrogen and oxygen atoms in total. The lowest BCUT2D eigenvalue weighted by Crippen LogP contribution is -2.25. The Morgan fingerprint density at radius 1 is 1.05 bits per heavy atom. The summed E-state index contributed by atoms with van der Waals surface area (Å²) in [6, 6.07) is 15.0. The number of hydrogen-bond acceptors (Lipinski definition) is 4. The molecule has 0 aliphatic rings. The molecule has 21 heavy (non-hydrogen) atoms. The Bertz CT molecular complexity index is 571. The van der Waals surface area contributed by atoms with Gasteiger partial charge in [-0.1, -0.05) is 31.2 Å². The highest BCUT2D eigenvalue weighted by molar-refractivity contribution is 5.51. The fraction of sp³-hybridized carbons (Fsp3) is 0.294. The molecule has 0 amide bonds. The number of para-hydroxylation sites is 2. The molecule has 112 valence electrons. The van der Waals surface area contributed by atoms with E-state index in [-0.39, 0.29) is 13.2 Å². The van der Waals surface area contributed by atoms with Crippen LogP contribution < -0.4 is 15.2 Å². The molecular weight excluding hydrogens is 266 g/mol. The molecule has 0 saturated heterocycles. The molecule has 2 rings (SSSR count). The van der Waals surface area contributed by atoms with Gasteiger partial charge in [-0.3, -0.25) is 0 Å². The first-order valence-electron chi connectivity index (χ1n) is 7.06. The maximum atomic E-state index is 9.90. The van der Waals surface area contributed by atoms with Crippen LogP contribution in [-0.2, 0) is 6.42 Å². The van der Waals surface area contributed by atoms with Crippen molar-refractivity contribution in [3.63, 3.8) is 0 Å². The summed E-state index contributed by atoms with van der Waals surface area (Å²) in [4.78, 5) is 0. The molecule has 0 heterocycles. The Kier molecular flexibility index (Phi) is 5.46. The van der Waals surface area contributed by atoms with E-state index in [9.17, 15) is 5.11 Å². The van der Waals surface area contributed by atoms with Gasteiger partial charge >= 0.3 is 0 Å². The Morgan fingerprint density at radius 3 is 2.57 bits per heavy atom. The van der Waals surface area contributed by atoms with Gasteiger partial charge in [0.25, 0.3) is 0 Å². The summed E-state index contributed by atoms with van der Waals surface area (Å²) in [6.07, 6.45) is 0.241. The van der Waals surface area contributed by atoms with E-state index < -0.39 is 6.10 Å². The standard InChI is InChI=1S/C17H21NO3/c1-2-13-6-5-7-15(10-13)20-11-14(19)12-21-17-9-4-3-8-16(17)18/h3-10,14,19H,2,11-12,18H2,1H3. The highest BCUT2D eigenvalue weighted by Gasteiger charge is 2.08. The van der Waals surface area contributed by atoms with E-state index in [1.165, 1.54) is 5.56 Å². The van der Waals surface area contributed by atoms with Crippen LogP contribution in [0.4, 0.5) is 5.69 Å². The van der Waals surface area contributed by atoms with E-state index >= 15 is 0 Å².